The number of Topliss-reactive ketones (excluding diaryl/α,β-unsaturated/α-hetero) is 1. The molecule has 0 aromatic heterocycles. The van der Waals surface area contributed by atoms with Crippen LogP contribution in [0.3, 0.4) is 0 Å². The third-order valence-corrected chi connectivity index (χ3v) is 5.92. The standard InChI is InChI=1S/C19H22O3/c1-21-17-7-6-11(9-18(17)22-2)8-15-14-10-16(19(15)20)13-5-3-4-12(13)14/h6-9,12-14,16H,3-5,10H2,1-2H3. The zero-order valence-electron chi connectivity index (χ0n) is 13.2. The van der Waals surface area contributed by atoms with Gasteiger partial charge in [-0.05, 0) is 66.4 Å². The molecule has 116 valence electrons. The molecule has 3 heteroatoms. The molecule has 0 saturated heterocycles. The topological polar surface area (TPSA) is 35.5 Å². The molecule has 0 amide bonds. The quantitative estimate of drug-likeness (QED) is 0.798. The Morgan fingerprint density at radius 3 is 2.50 bits per heavy atom. The Hall–Kier alpha value is -1.77. The predicted octanol–water partition coefficient (Wildman–Crippen LogP) is 3.72. The third-order valence-electron chi connectivity index (χ3n) is 5.92. The average Bonchev–Trinajstić information content (AvgIpc) is 3.20. The van der Waals surface area contributed by atoms with Crippen LogP contribution in [0, 0.1) is 23.7 Å². The van der Waals surface area contributed by atoms with Gasteiger partial charge in [0.15, 0.2) is 17.3 Å². The molecule has 1 aromatic carbocycles. The number of carbonyl (C=O) groups is 1. The Morgan fingerprint density at radius 2 is 1.77 bits per heavy atom. The number of methoxy groups -OCH3 is 2. The van der Waals surface area contributed by atoms with Gasteiger partial charge in [0, 0.05) is 5.92 Å². The number of ketones is 1. The lowest BCUT2D eigenvalue weighted by Crippen LogP contribution is -2.26. The van der Waals surface area contributed by atoms with Gasteiger partial charge in [-0.2, -0.15) is 0 Å². The highest BCUT2D eigenvalue weighted by Gasteiger charge is 2.56. The van der Waals surface area contributed by atoms with E-state index in [-0.39, 0.29) is 0 Å². The monoisotopic (exact) mass is 298 g/mol. The number of carbonyl (C=O) groups excluding carboxylic acids is 1. The number of hydrogen-bond acceptors (Lipinski definition) is 3. The van der Waals surface area contributed by atoms with E-state index < -0.39 is 0 Å². The molecule has 0 aliphatic heterocycles. The van der Waals surface area contributed by atoms with Crippen molar-refractivity contribution in [3.8, 4) is 11.5 Å². The van der Waals surface area contributed by atoms with Crippen LogP contribution in [0.2, 0.25) is 0 Å². The van der Waals surface area contributed by atoms with Crippen LogP contribution in [0.25, 0.3) is 6.08 Å². The maximum Gasteiger partial charge on any atom is 0.162 e. The minimum absolute atomic E-state index is 0.309. The lowest BCUT2D eigenvalue weighted by molar-refractivity contribution is -0.120. The van der Waals surface area contributed by atoms with E-state index in [1.54, 1.807) is 14.2 Å². The van der Waals surface area contributed by atoms with Crippen LogP contribution in [-0.4, -0.2) is 20.0 Å². The fourth-order valence-corrected chi connectivity index (χ4v) is 5.00. The van der Waals surface area contributed by atoms with Crippen molar-refractivity contribution < 1.29 is 14.3 Å². The normalized spacial score (nSPS) is 34.3. The molecule has 3 nitrogen and oxygen atoms in total. The summed E-state index contributed by atoms with van der Waals surface area (Å²) in [5.41, 5.74) is 2.09. The fourth-order valence-electron chi connectivity index (χ4n) is 5.00. The maximum atomic E-state index is 12.7. The molecule has 0 N–H and O–H groups in total. The number of hydrogen-bond donors (Lipinski definition) is 0. The van der Waals surface area contributed by atoms with Gasteiger partial charge in [-0.1, -0.05) is 12.5 Å². The molecule has 0 heterocycles. The van der Waals surface area contributed by atoms with E-state index in [9.17, 15) is 4.79 Å². The largest absolute Gasteiger partial charge is 0.493 e. The smallest absolute Gasteiger partial charge is 0.162 e. The van der Waals surface area contributed by atoms with Crippen molar-refractivity contribution in [2.45, 2.75) is 25.7 Å². The minimum Gasteiger partial charge on any atom is -0.493 e. The second-order valence-corrected chi connectivity index (χ2v) is 6.79. The first-order valence-corrected chi connectivity index (χ1v) is 8.20. The lowest BCUT2D eigenvalue weighted by atomic mass is 9.78. The molecule has 3 aliphatic rings. The van der Waals surface area contributed by atoms with Crippen molar-refractivity contribution in [1.29, 1.82) is 0 Å². The van der Waals surface area contributed by atoms with Gasteiger partial charge >= 0.3 is 0 Å². The number of benzene rings is 1. The van der Waals surface area contributed by atoms with Crippen LogP contribution in [0.4, 0.5) is 0 Å². The average molecular weight is 298 g/mol. The van der Waals surface area contributed by atoms with E-state index in [1.807, 2.05) is 18.2 Å². The van der Waals surface area contributed by atoms with Crippen LogP contribution in [0.1, 0.15) is 31.2 Å². The Labute approximate surface area is 131 Å². The zero-order chi connectivity index (χ0) is 15.3. The molecule has 0 radical (unpaired) electrons. The van der Waals surface area contributed by atoms with E-state index >= 15 is 0 Å². The molecule has 4 rings (SSSR count). The molecular formula is C19H22O3. The molecule has 3 aliphatic carbocycles. The summed E-state index contributed by atoms with van der Waals surface area (Å²) in [6.07, 6.45) is 7.06. The van der Waals surface area contributed by atoms with Gasteiger partial charge in [-0.3, -0.25) is 4.79 Å². The molecule has 4 unspecified atom stereocenters. The van der Waals surface area contributed by atoms with Crippen molar-refractivity contribution in [2.24, 2.45) is 23.7 Å². The third kappa shape index (κ3) is 1.91. The maximum absolute atomic E-state index is 12.7. The van der Waals surface area contributed by atoms with Gasteiger partial charge in [0.1, 0.15) is 0 Å². The van der Waals surface area contributed by atoms with Crippen molar-refractivity contribution >= 4 is 11.9 Å². The highest BCUT2D eigenvalue weighted by atomic mass is 16.5. The van der Waals surface area contributed by atoms with Crippen LogP contribution in [0.15, 0.2) is 23.8 Å². The first-order valence-electron chi connectivity index (χ1n) is 8.20. The van der Waals surface area contributed by atoms with Crippen LogP contribution in [-0.2, 0) is 4.79 Å². The van der Waals surface area contributed by atoms with Gasteiger partial charge in [0.25, 0.3) is 0 Å². The molecule has 3 fully saturated rings. The SMILES string of the molecule is COc1ccc(C=C2C(=O)C3CC2C2CCCC32)cc1OC. The van der Waals surface area contributed by atoms with Gasteiger partial charge < -0.3 is 9.47 Å². The van der Waals surface area contributed by atoms with Crippen LogP contribution >= 0.6 is 0 Å². The van der Waals surface area contributed by atoms with Crippen molar-refractivity contribution in [2.75, 3.05) is 14.2 Å². The number of ether oxygens (including phenoxy) is 2. The Kier molecular flexibility index (Phi) is 3.24. The molecule has 3 saturated carbocycles. The minimum atomic E-state index is 0.309. The first-order chi connectivity index (χ1) is 10.7. The Bertz CT molecular complexity index is 646. The number of rotatable bonds is 3. The summed E-state index contributed by atoms with van der Waals surface area (Å²) in [7, 11) is 3.27. The number of allylic oxidation sites excluding steroid dienone is 1. The summed E-state index contributed by atoms with van der Waals surface area (Å²) in [5.74, 6) is 4.09. The molecule has 0 spiro atoms. The Morgan fingerprint density at radius 1 is 1.05 bits per heavy atom. The highest BCUT2D eigenvalue weighted by Crippen LogP contribution is 2.59. The van der Waals surface area contributed by atoms with E-state index in [4.69, 9.17) is 9.47 Å². The van der Waals surface area contributed by atoms with Crippen LogP contribution in [0.5, 0.6) is 11.5 Å². The lowest BCUT2D eigenvalue weighted by Gasteiger charge is -2.25. The van der Waals surface area contributed by atoms with Gasteiger partial charge in [-0.25, -0.2) is 0 Å². The Balaban J connectivity index is 1.67. The van der Waals surface area contributed by atoms with E-state index in [2.05, 4.69) is 6.08 Å². The molecule has 1 aromatic rings. The van der Waals surface area contributed by atoms with Crippen molar-refractivity contribution in [3.63, 3.8) is 0 Å². The van der Waals surface area contributed by atoms with E-state index in [1.165, 1.54) is 19.3 Å². The van der Waals surface area contributed by atoms with Crippen molar-refractivity contribution in [3.05, 3.63) is 29.3 Å². The van der Waals surface area contributed by atoms with Crippen molar-refractivity contribution in [1.82, 2.24) is 0 Å². The number of fused-ring (bicyclic) bond motifs is 5. The van der Waals surface area contributed by atoms with E-state index in [0.29, 0.717) is 29.3 Å². The summed E-state index contributed by atoms with van der Waals surface area (Å²) in [6, 6.07) is 5.86. The predicted molar refractivity (Wildman–Crippen MR) is 85.0 cm³/mol. The highest BCUT2D eigenvalue weighted by molar-refractivity contribution is 6.05. The second kappa shape index (κ2) is 5.15. The summed E-state index contributed by atoms with van der Waals surface area (Å²) in [5, 5.41) is 0. The molecule has 4 atom stereocenters. The van der Waals surface area contributed by atoms with Gasteiger partial charge in [0.2, 0.25) is 0 Å². The molecular weight excluding hydrogens is 276 g/mol. The van der Waals surface area contributed by atoms with Gasteiger partial charge in [-0.15, -0.1) is 0 Å². The molecule has 22 heavy (non-hydrogen) atoms. The summed E-state index contributed by atoms with van der Waals surface area (Å²) in [4.78, 5) is 12.7. The second-order valence-electron chi connectivity index (χ2n) is 6.79. The van der Waals surface area contributed by atoms with E-state index in [0.717, 1.165) is 29.2 Å². The first kappa shape index (κ1) is 13.9. The molecule has 2 bridgehead atoms. The summed E-state index contributed by atoms with van der Waals surface area (Å²) in [6.45, 7) is 0. The fraction of sp³-hybridized carbons (Fsp3) is 0.526. The zero-order valence-corrected chi connectivity index (χ0v) is 13.2. The summed E-state index contributed by atoms with van der Waals surface area (Å²) >= 11 is 0. The van der Waals surface area contributed by atoms with Crippen LogP contribution < -0.4 is 9.47 Å². The van der Waals surface area contributed by atoms with Gasteiger partial charge in [0.05, 0.1) is 14.2 Å². The summed E-state index contributed by atoms with van der Waals surface area (Å²) < 4.78 is 10.6.